The SMILES string of the molecule is O=C(O)CN1C(=O)c2ccccc2C1c1c(-c2ccc3ccccc3c2)[nH]c2ccccc12. The first-order chi connectivity index (χ1) is 16.1. The average molecular weight is 432 g/mol. The number of aliphatic carboxylic acids is 1. The van der Waals surface area contributed by atoms with Crippen molar-refractivity contribution in [2.75, 3.05) is 6.54 Å². The smallest absolute Gasteiger partial charge is 0.323 e. The van der Waals surface area contributed by atoms with Crippen molar-refractivity contribution >= 4 is 33.6 Å². The molecule has 5 nitrogen and oxygen atoms in total. The normalized spacial score (nSPS) is 15.3. The van der Waals surface area contributed by atoms with Gasteiger partial charge in [0.2, 0.25) is 0 Å². The molecule has 0 spiro atoms. The number of aromatic nitrogens is 1. The summed E-state index contributed by atoms with van der Waals surface area (Å²) in [5.41, 5.74) is 5.14. The minimum atomic E-state index is -1.03. The molecule has 6 rings (SSSR count). The second-order valence-corrected chi connectivity index (χ2v) is 8.34. The summed E-state index contributed by atoms with van der Waals surface area (Å²) < 4.78 is 0. The number of nitrogens with one attached hydrogen (secondary N) is 1. The van der Waals surface area contributed by atoms with Crippen molar-refractivity contribution in [3.63, 3.8) is 0 Å². The molecular weight excluding hydrogens is 412 g/mol. The van der Waals surface area contributed by atoms with Crippen molar-refractivity contribution in [1.29, 1.82) is 0 Å². The maximum atomic E-state index is 13.2. The molecule has 160 valence electrons. The molecule has 0 bridgehead atoms. The molecule has 0 saturated heterocycles. The number of carboxylic acids is 1. The minimum absolute atomic E-state index is 0.257. The van der Waals surface area contributed by atoms with E-state index in [1.165, 1.54) is 4.90 Å². The van der Waals surface area contributed by atoms with Gasteiger partial charge in [-0.1, -0.05) is 72.8 Å². The molecule has 4 aromatic carbocycles. The number of amides is 1. The van der Waals surface area contributed by atoms with Gasteiger partial charge in [-0.25, -0.2) is 0 Å². The van der Waals surface area contributed by atoms with Gasteiger partial charge in [-0.3, -0.25) is 9.59 Å². The zero-order chi connectivity index (χ0) is 22.5. The molecule has 2 N–H and O–H groups in total. The summed E-state index contributed by atoms with van der Waals surface area (Å²) in [5.74, 6) is -1.29. The number of H-pyrrole nitrogens is 1. The molecule has 33 heavy (non-hydrogen) atoms. The maximum absolute atomic E-state index is 13.2. The fourth-order valence-electron chi connectivity index (χ4n) is 5.01. The maximum Gasteiger partial charge on any atom is 0.323 e. The quantitative estimate of drug-likeness (QED) is 0.387. The molecule has 5 aromatic rings. The van der Waals surface area contributed by atoms with E-state index in [0.717, 1.165) is 44.1 Å². The minimum Gasteiger partial charge on any atom is -0.480 e. The van der Waals surface area contributed by atoms with Gasteiger partial charge in [0.1, 0.15) is 6.54 Å². The van der Waals surface area contributed by atoms with Crippen LogP contribution >= 0.6 is 0 Å². The van der Waals surface area contributed by atoms with E-state index in [9.17, 15) is 14.7 Å². The highest BCUT2D eigenvalue weighted by molar-refractivity contribution is 6.03. The zero-order valence-electron chi connectivity index (χ0n) is 17.7. The Labute approximate surface area is 189 Å². The number of benzene rings is 4. The Bertz CT molecular complexity index is 1570. The second kappa shape index (κ2) is 7.35. The molecule has 1 amide bonds. The Morgan fingerprint density at radius 2 is 1.61 bits per heavy atom. The summed E-state index contributed by atoms with van der Waals surface area (Å²) in [5, 5.41) is 12.8. The Kier molecular flexibility index (Phi) is 4.30. The number of fused-ring (bicyclic) bond motifs is 3. The first kappa shape index (κ1) is 19.3. The van der Waals surface area contributed by atoms with Gasteiger partial charge in [0.05, 0.1) is 11.7 Å². The largest absolute Gasteiger partial charge is 0.480 e. The number of hydrogen-bond acceptors (Lipinski definition) is 2. The van der Waals surface area contributed by atoms with E-state index < -0.39 is 12.0 Å². The van der Waals surface area contributed by atoms with Crippen molar-refractivity contribution in [3.05, 3.63) is 108 Å². The van der Waals surface area contributed by atoms with Crippen molar-refractivity contribution in [2.45, 2.75) is 6.04 Å². The topological polar surface area (TPSA) is 73.4 Å². The Hall–Kier alpha value is -4.38. The molecule has 5 heteroatoms. The van der Waals surface area contributed by atoms with E-state index in [1.807, 2.05) is 54.6 Å². The summed E-state index contributed by atoms with van der Waals surface area (Å²) in [4.78, 5) is 30.0. The number of nitrogens with zero attached hydrogens (tertiary/aromatic N) is 1. The fourth-order valence-corrected chi connectivity index (χ4v) is 5.01. The number of aromatic amines is 1. The van der Waals surface area contributed by atoms with Gasteiger partial charge in [0.25, 0.3) is 5.91 Å². The van der Waals surface area contributed by atoms with Crippen LogP contribution in [0.15, 0.2) is 91.0 Å². The van der Waals surface area contributed by atoms with E-state index in [1.54, 1.807) is 6.07 Å². The lowest BCUT2D eigenvalue weighted by atomic mass is 9.92. The van der Waals surface area contributed by atoms with Crippen molar-refractivity contribution < 1.29 is 14.7 Å². The molecular formula is C28H20N2O3. The fraction of sp³-hybridized carbons (Fsp3) is 0.0714. The van der Waals surface area contributed by atoms with Crippen molar-refractivity contribution in [2.24, 2.45) is 0 Å². The molecule has 0 radical (unpaired) electrons. The molecule has 1 unspecified atom stereocenters. The number of carboxylic acid groups (broad SMARTS) is 1. The highest BCUT2D eigenvalue weighted by atomic mass is 16.4. The van der Waals surface area contributed by atoms with Crippen LogP contribution in [0.2, 0.25) is 0 Å². The lowest BCUT2D eigenvalue weighted by Gasteiger charge is -2.25. The lowest BCUT2D eigenvalue weighted by Crippen LogP contribution is -2.34. The van der Waals surface area contributed by atoms with Gasteiger partial charge in [-0.2, -0.15) is 0 Å². The number of para-hydroxylation sites is 1. The summed E-state index contributed by atoms with van der Waals surface area (Å²) in [6, 6.07) is 29.3. The predicted octanol–water partition coefficient (Wildman–Crippen LogP) is 5.62. The molecule has 1 atom stereocenters. The summed E-state index contributed by atoms with van der Waals surface area (Å²) in [6.07, 6.45) is 0. The van der Waals surface area contributed by atoms with E-state index in [-0.39, 0.29) is 12.5 Å². The monoisotopic (exact) mass is 432 g/mol. The molecule has 1 aliphatic heterocycles. The molecule has 0 saturated carbocycles. The molecule has 1 aromatic heterocycles. The van der Waals surface area contributed by atoms with Crippen LogP contribution in [0.5, 0.6) is 0 Å². The summed E-state index contributed by atoms with van der Waals surface area (Å²) in [7, 11) is 0. The second-order valence-electron chi connectivity index (χ2n) is 8.34. The first-order valence-electron chi connectivity index (χ1n) is 10.8. The third kappa shape index (κ3) is 3.01. The first-order valence-corrected chi connectivity index (χ1v) is 10.8. The van der Waals surface area contributed by atoms with Crippen LogP contribution in [0.4, 0.5) is 0 Å². The van der Waals surface area contributed by atoms with Crippen LogP contribution in [-0.4, -0.2) is 33.4 Å². The van der Waals surface area contributed by atoms with Gasteiger partial charge < -0.3 is 15.0 Å². The number of hydrogen-bond donors (Lipinski definition) is 2. The zero-order valence-corrected chi connectivity index (χ0v) is 17.7. The molecule has 1 aliphatic rings. The van der Waals surface area contributed by atoms with Crippen molar-refractivity contribution in [3.8, 4) is 11.3 Å². The van der Waals surface area contributed by atoms with Gasteiger partial charge in [0, 0.05) is 22.0 Å². The number of carbonyl (C=O) groups is 2. The molecule has 2 heterocycles. The van der Waals surface area contributed by atoms with Gasteiger partial charge >= 0.3 is 5.97 Å². The third-order valence-corrected chi connectivity index (χ3v) is 6.42. The number of carbonyl (C=O) groups excluding carboxylic acids is 1. The average Bonchev–Trinajstić information content (AvgIpc) is 3.34. The van der Waals surface area contributed by atoms with Crippen LogP contribution in [-0.2, 0) is 4.79 Å². The molecule has 0 fully saturated rings. The van der Waals surface area contributed by atoms with Gasteiger partial charge in [0.15, 0.2) is 0 Å². The number of rotatable bonds is 4. The summed E-state index contributed by atoms with van der Waals surface area (Å²) in [6.45, 7) is -0.366. The van der Waals surface area contributed by atoms with Crippen LogP contribution < -0.4 is 0 Å². The molecule has 0 aliphatic carbocycles. The van der Waals surface area contributed by atoms with E-state index >= 15 is 0 Å². The van der Waals surface area contributed by atoms with Crippen molar-refractivity contribution in [1.82, 2.24) is 9.88 Å². The van der Waals surface area contributed by atoms with E-state index in [4.69, 9.17) is 0 Å². The van der Waals surface area contributed by atoms with Crippen LogP contribution in [0.3, 0.4) is 0 Å². The van der Waals surface area contributed by atoms with E-state index in [2.05, 4.69) is 35.3 Å². The van der Waals surface area contributed by atoms with Gasteiger partial charge in [-0.15, -0.1) is 0 Å². The highest BCUT2D eigenvalue weighted by Gasteiger charge is 2.40. The Balaban J connectivity index is 1.64. The van der Waals surface area contributed by atoms with Gasteiger partial charge in [-0.05, 0) is 40.1 Å². The third-order valence-electron chi connectivity index (χ3n) is 6.42. The Morgan fingerprint density at radius 1 is 0.879 bits per heavy atom. The van der Waals surface area contributed by atoms with Crippen LogP contribution in [0, 0.1) is 0 Å². The highest BCUT2D eigenvalue weighted by Crippen LogP contribution is 2.45. The van der Waals surface area contributed by atoms with E-state index in [0.29, 0.717) is 5.56 Å². The standard InChI is InChI=1S/C28H20N2O3/c31-24(32)16-30-27(20-9-3-4-10-21(20)28(30)33)25-22-11-5-6-12-23(22)29-26(25)19-14-13-17-7-1-2-8-18(17)15-19/h1-15,27,29H,16H2,(H,31,32). The lowest BCUT2D eigenvalue weighted by molar-refractivity contribution is -0.138. The summed E-state index contributed by atoms with van der Waals surface area (Å²) >= 11 is 0. The Morgan fingerprint density at radius 3 is 2.45 bits per heavy atom. The van der Waals surface area contributed by atoms with Crippen LogP contribution in [0.1, 0.15) is 27.5 Å². The predicted molar refractivity (Wildman–Crippen MR) is 128 cm³/mol. The van der Waals surface area contributed by atoms with Crippen LogP contribution in [0.25, 0.3) is 32.9 Å².